The maximum Gasteiger partial charge on any atom is 0.181 e. The molecule has 0 spiro atoms. The number of aliphatic imine (C=N–C) groups is 1. The van der Waals surface area contributed by atoms with Crippen molar-refractivity contribution >= 4 is 23.3 Å². The standard InChI is InChI=1S/C5H11N3S/c1-8(2)4-7-5(6)9-3/h4,6H,1-3H3. The van der Waals surface area contributed by atoms with Crippen LogP contribution in [-0.2, 0) is 0 Å². The van der Waals surface area contributed by atoms with Crippen molar-refractivity contribution in [3.05, 3.63) is 0 Å². The normalized spacial score (nSPS) is 10.1. The van der Waals surface area contributed by atoms with Gasteiger partial charge in [-0.05, 0) is 6.26 Å². The summed E-state index contributed by atoms with van der Waals surface area (Å²) in [5, 5.41) is 7.41. The highest BCUT2D eigenvalue weighted by molar-refractivity contribution is 8.13. The van der Waals surface area contributed by atoms with Crippen LogP contribution in [0.4, 0.5) is 0 Å². The van der Waals surface area contributed by atoms with E-state index in [9.17, 15) is 0 Å². The summed E-state index contributed by atoms with van der Waals surface area (Å²) >= 11 is 1.33. The van der Waals surface area contributed by atoms with Gasteiger partial charge in [-0.2, -0.15) is 0 Å². The first-order valence-electron chi connectivity index (χ1n) is 2.50. The molecule has 0 aromatic carbocycles. The molecule has 0 aliphatic heterocycles. The number of hydrogen-bond acceptors (Lipinski definition) is 2. The molecule has 0 saturated carbocycles. The Morgan fingerprint density at radius 3 is 2.56 bits per heavy atom. The molecule has 0 atom stereocenters. The van der Waals surface area contributed by atoms with E-state index in [0.717, 1.165) is 0 Å². The summed E-state index contributed by atoms with van der Waals surface area (Å²) in [6.45, 7) is 0. The highest BCUT2D eigenvalue weighted by atomic mass is 32.2. The van der Waals surface area contributed by atoms with E-state index in [0.29, 0.717) is 5.17 Å². The molecule has 0 fully saturated rings. The predicted octanol–water partition coefficient (Wildman–Crippen LogP) is 0.874. The third kappa shape index (κ3) is 5.36. The second-order valence-corrected chi connectivity index (χ2v) is 2.51. The highest BCUT2D eigenvalue weighted by Gasteiger charge is 1.84. The first-order chi connectivity index (χ1) is 4.16. The van der Waals surface area contributed by atoms with E-state index in [-0.39, 0.29) is 0 Å². The van der Waals surface area contributed by atoms with Gasteiger partial charge < -0.3 is 4.90 Å². The zero-order valence-corrected chi connectivity index (χ0v) is 6.70. The van der Waals surface area contributed by atoms with Gasteiger partial charge in [-0.3, -0.25) is 5.41 Å². The molecule has 9 heavy (non-hydrogen) atoms. The van der Waals surface area contributed by atoms with E-state index in [2.05, 4.69) is 4.99 Å². The van der Waals surface area contributed by atoms with Crippen molar-refractivity contribution in [1.29, 1.82) is 5.41 Å². The predicted molar refractivity (Wildman–Crippen MR) is 43.4 cm³/mol. The average molecular weight is 145 g/mol. The summed E-state index contributed by atoms with van der Waals surface area (Å²) in [5.41, 5.74) is 0. The topological polar surface area (TPSA) is 39.5 Å². The van der Waals surface area contributed by atoms with Crippen LogP contribution < -0.4 is 0 Å². The molecule has 3 nitrogen and oxygen atoms in total. The number of hydrogen-bond donors (Lipinski definition) is 1. The Morgan fingerprint density at radius 2 is 2.22 bits per heavy atom. The van der Waals surface area contributed by atoms with Crippen molar-refractivity contribution in [2.75, 3.05) is 20.4 Å². The van der Waals surface area contributed by atoms with Crippen molar-refractivity contribution in [3.63, 3.8) is 0 Å². The maximum atomic E-state index is 7.07. The molecular weight excluding hydrogens is 134 g/mol. The van der Waals surface area contributed by atoms with Gasteiger partial charge in [0.25, 0.3) is 0 Å². The summed E-state index contributed by atoms with van der Waals surface area (Å²) < 4.78 is 0. The van der Waals surface area contributed by atoms with Crippen LogP contribution in [0.15, 0.2) is 4.99 Å². The number of nitrogens with zero attached hydrogens (tertiary/aromatic N) is 2. The lowest BCUT2D eigenvalue weighted by molar-refractivity contribution is 0.644. The fraction of sp³-hybridized carbons (Fsp3) is 0.600. The van der Waals surface area contributed by atoms with Gasteiger partial charge in [-0.25, -0.2) is 4.99 Å². The van der Waals surface area contributed by atoms with E-state index >= 15 is 0 Å². The van der Waals surface area contributed by atoms with Gasteiger partial charge in [0.1, 0.15) is 0 Å². The Hall–Kier alpha value is -0.510. The van der Waals surface area contributed by atoms with Crippen LogP contribution in [0.5, 0.6) is 0 Å². The lowest BCUT2D eigenvalue weighted by Gasteiger charge is -2.00. The number of thioether (sulfide) groups is 1. The molecule has 0 rings (SSSR count). The first kappa shape index (κ1) is 8.49. The smallest absolute Gasteiger partial charge is 0.181 e. The van der Waals surface area contributed by atoms with E-state index in [1.54, 1.807) is 11.2 Å². The molecule has 0 heterocycles. The second-order valence-electron chi connectivity index (χ2n) is 1.72. The number of nitrogens with one attached hydrogen (secondary N) is 1. The molecule has 4 heteroatoms. The summed E-state index contributed by atoms with van der Waals surface area (Å²) in [5.74, 6) is 0. The molecule has 0 radical (unpaired) electrons. The third-order valence-electron chi connectivity index (χ3n) is 0.599. The summed E-state index contributed by atoms with van der Waals surface area (Å²) in [4.78, 5) is 5.59. The highest BCUT2D eigenvalue weighted by Crippen LogP contribution is 1.94. The van der Waals surface area contributed by atoms with Gasteiger partial charge in [-0.1, -0.05) is 11.8 Å². The monoisotopic (exact) mass is 145 g/mol. The van der Waals surface area contributed by atoms with Crippen LogP contribution in [0, 0.1) is 5.41 Å². The SMILES string of the molecule is CSC(=N)N=CN(C)C. The fourth-order valence-corrected chi connectivity index (χ4v) is 0.373. The number of rotatable bonds is 1. The van der Waals surface area contributed by atoms with Gasteiger partial charge in [0.05, 0.1) is 6.34 Å². The van der Waals surface area contributed by atoms with Gasteiger partial charge in [0.2, 0.25) is 0 Å². The average Bonchev–Trinajstić information content (AvgIpc) is 1.83. The van der Waals surface area contributed by atoms with Gasteiger partial charge in [0.15, 0.2) is 5.17 Å². The lowest BCUT2D eigenvalue weighted by atomic mass is 10.9. The molecule has 0 aromatic heterocycles. The van der Waals surface area contributed by atoms with Crippen molar-refractivity contribution in [1.82, 2.24) is 4.90 Å². The zero-order valence-electron chi connectivity index (χ0n) is 5.88. The second kappa shape index (κ2) is 4.38. The molecule has 0 unspecified atom stereocenters. The fourth-order valence-electron chi connectivity index (χ4n) is 0.221. The van der Waals surface area contributed by atoms with Gasteiger partial charge in [0, 0.05) is 14.1 Å². The van der Waals surface area contributed by atoms with Crippen LogP contribution >= 0.6 is 11.8 Å². The third-order valence-corrected chi connectivity index (χ3v) is 1.09. The zero-order chi connectivity index (χ0) is 7.28. The van der Waals surface area contributed by atoms with Crippen LogP contribution in [0.3, 0.4) is 0 Å². The minimum atomic E-state index is 0.337. The minimum absolute atomic E-state index is 0.337. The Bertz CT molecular complexity index is 119. The largest absolute Gasteiger partial charge is 0.369 e. The van der Waals surface area contributed by atoms with Crippen molar-refractivity contribution < 1.29 is 0 Å². The molecular formula is C5H11N3S. The first-order valence-corrected chi connectivity index (χ1v) is 3.72. The Balaban J connectivity index is 3.57. The van der Waals surface area contributed by atoms with E-state index in [1.165, 1.54) is 11.8 Å². The van der Waals surface area contributed by atoms with Crippen molar-refractivity contribution in [3.8, 4) is 0 Å². The van der Waals surface area contributed by atoms with E-state index in [4.69, 9.17) is 5.41 Å². The molecule has 0 bridgehead atoms. The van der Waals surface area contributed by atoms with E-state index < -0.39 is 0 Å². The Morgan fingerprint density at radius 1 is 1.67 bits per heavy atom. The molecule has 0 aliphatic rings. The quantitative estimate of drug-likeness (QED) is 0.439. The summed E-state index contributed by atoms with van der Waals surface area (Å²) in [6, 6.07) is 0. The number of amidine groups is 1. The van der Waals surface area contributed by atoms with Crippen LogP contribution in [-0.4, -0.2) is 36.8 Å². The molecule has 0 amide bonds. The van der Waals surface area contributed by atoms with Crippen LogP contribution in [0.1, 0.15) is 0 Å². The molecule has 0 aliphatic carbocycles. The Kier molecular flexibility index (Phi) is 4.13. The minimum Gasteiger partial charge on any atom is -0.369 e. The van der Waals surface area contributed by atoms with Gasteiger partial charge >= 0.3 is 0 Å². The van der Waals surface area contributed by atoms with E-state index in [1.807, 2.05) is 20.4 Å². The summed E-state index contributed by atoms with van der Waals surface area (Å²) in [7, 11) is 3.74. The van der Waals surface area contributed by atoms with Crippen molar-refractivity contribution in [2.45, 2.75) is 0 Å². The van der Waals surface area contributed by atoms with Gasteiger partial charge in [-0.15, -0.1) is 0 Å². The van der Waals surface area contributed by atoms with Crippen LogP contribution in [0.25, 0.3) is 0 Å². The molecule has 0 saturated heterocycles. The molecule has 0 aromatic rings. The van der Waals surface area contributed by atoms with Crippen molar-refractivity contribution in [2.24, 2.45) is 4.99 Å². The lowest BCUT2D eigenvalue weighted by Crippen LogP contribution is -2.08. The maximum absolute atomic E-state index is 7.07. The molecule has 1 N–H and O–H groups in total. The van der Waals surface area contributed by atoms with Crippen LogP contribution in [0.2, 0.25) is 0 Å². The molecule has 52 valence electrons. The summed E-state index contributed by atoms with van der Waals surface area (Å²) in [6.07, 6.45) is 3.44. The Labute approximate surface area is 59.7 Å².